The molecule has 2 fully saturated rings. The van der Waals surface area contributed by atoms with Gasteiger partial charge in [-0.1, -0.05) is 25.1 Å². The highest BCUT2D eigenvalue weighted by Crippen LogP contribution is 2.39. The number of sulfonamides is 1. The van der Waals surface area contributed by atoms with Gasteiger partial charge in [-0.05, 0) is 69.4 Å². The van der Waals surface area contributed by atoms with E-state index in [9.17, 15) is 13.2 Å². The Bertz CT molecular complexity index is 897. The van der Waals surface area contributed by atoms with Crippen LogP contribution < -0.4 is 9.46 Å². The Morgan fingerprint density at radius 2 is 1.91 bits per heavy atom. The van der Waals surface area contributed by atoms with Crippen molar-refractivity contribution < 1.29 is 22.7 Å². The molecule has 0 unspecified atom stereocenters. The molecule has 3 atom stereocenters. The zero-order valence-electron chi connectivity index (χ0n) is 19.2. The lowest BCUT2D eigenvalue weighted by molar-refractivity contribution is -0.140. The number of carbonyl (C=O) groups excluding carboxylic acids is 1. The van der Waals surface area contributed by atoms with Gasteiger partial charge in [0.2, 0.25) is 10.0 Å². The van der Waals surface area contributed by atoms with E-state index in [4.69, 9.17) is 9.47 Å². The average molecular weight is 465 g/mol. The lowest BCUT2D eigenvalue weighted by atomic mass is 9.82. The molecule has 1 saturated heterocycles. The summed E-state index contributed by atoms with van der Waals surface area (Å²) in [5, 5.41) is -0.473. The first-order valence-corrected chi connectivity index (χ1v) is 13.6. The summed E-state index contributed by atoms with van der Waals surface area (Å²) in [5.74, 6) is 1.08. The van der Waals surface area contributed by atoms with Crippen molar-refractivity contribution in [1.82, 2.24) is 9.62 Å². The minimum atomic E-state index is -3.46. The van der Waals surface area contributed by atoms with Crippen LogP contribution in [-0.4, -0.2) is 62.4 Å². The molecule has 1 amide bonds. The molecule has 5 rings (SSSR count). The molecule has 1 aliphatic carbocycles. The molecule has 1 saturated carbocycles. The predicted molar refractivity (Wildman–Crippen MR) is 123 cm³/mol. The van der Waals surface area contributed by atoms with E-state index in [0.29, 0.717) is 31.9 Å². The normalized spacial score (nSPS) is 30.2. The smallest absolute Gasteiger partial charge is 0.260 e. The van der Waals surface area contributed by atoms with Gasteiger partial charge in [0.1, 0.15) is 5.75 Å². The quantitative estimate of drug-likeness (QED) is 0.740. The second kappa shape index (κ2) is 10.1. The molecule has 7 nitrogen and oxygen atoms in total. The summed E-state index contributed by atoms with van der Waals surface area (Å²) in [6.07, 6.45) is 6.11. The monoisotopic (exact) mass is 464 g/mol. The molecule has 0 radical (unpaired) electrons. The summed E-state index contributed by atoms with van der Waals surface area (Å²) in [5.41, 5.74) is 1.17. The van der Waals surface area contributed by atoms with E-state index in [-0.39, 0.29) is 30.7 Å². The molecule has 3 aliphatic heterocycles. The summed E-state index contributed by atoms with van der Waals surface area (Å²) < 4.78 is 40.8. The van der Waals surface area contributed by atoms with Crippen LogP contribution in [0, 0.1) is 0 Å². The Morgan fingerprint density at radius 1 is 1.16 bits per heavy atom. The average Bonchev–Trinajstić information content (AvgIpc) is 2.82. The summed E-state index contributed by atoms with van der Waals surface area (Å²) in [4.78, 5) is 15.0. The summed E-state index contributed by atoms with van der Waals surface area (Å²) >= 11 is 0. The van der Waals surface area contributed by atoms with Crippen LogP contribution in [-0.2, 0) is 19.6 Å². The van der Waals surface area contributed by atoms with Gasteiger partial charge in [0, 0.05) is 12.6 Å². The standard InChI is InChI=1S/C24H36N2O5S/c1-3-17(2)32(28,29)25-21-8-6-14-26-22(21)15-30-19-12-10-18(11-13-19)20-7-4-5-9-23(20)31-16-24(26)27/h4-5,7,9,17-19,21-22,25H,3,6,8,10-16H2,1-2H3/t17-,18?,19?,21-,22-/m0/s1. The van der Waals surface area contributed by atoms with Gasteiger partial charge in [0.25, 0.3) is 5.91 Å². The van der Waals surface area contributed by atoms with Gasteiger partial charge < -0.3 is 14.4 Å². The fourth-order valence-corrected chi connectivity index (χ4v) is 6.57. The third kappa shape index (κ3) is 5.13. The maximum atomic E-state index is 13.2. The van der Waals surface area contributed by atoms with Crippen molar-refractivity contribution in [2.45, 2.75) is 88.1 Å². The molecule has 1 N–H and O–H groups in total. The van der Waals surface area contributed by atoms with Gasteiger partial charge in [-0.3, -0.25) is 4.79 Å². The number of hydrogen-bond acceptors (Lipinski definition) is 5. The number of carbonyl (C=O) groups is 1. The van der Waals surface area contributed by atoms with Gasteiger partial charge in [0.05, 0.1) is 24.0 Å². The van der Waals surface area contributed by atoms with Gasteiger partial charge in [-0.15, -0.1) is 0 Å². The molecule has 178 valence electrons. The Morgan fingerprint density at radius 3 is 2.66 bits per heavy atom. The van der Waals surface area contributed by atoms with Crippen molar-refractivity contribution >= 4 is 15.9 Å². The van der Waals surface area contributed by atoms with Crippen LogP contribution in [0.3, 0.4) is 0 Å². The number of amides is 1. The second-order valence-corrected chi connectivity index (χ2v) is 11.5. The van der Waals surface area contributed by atoms with E-state index in [1.165, 1.54) is 5.56 Å². The van der Waals surface area contributed by atoms with E-state index in [1.54, 1.807) is 11.8 Å². The molecule has 32 heavy (non-hydrogen) atoms. The van der Waals surface area contributed by atoms with Crippen LogP contribution in [0.5, 0.6) is 5.75 Å². The molecule has 0 spiro atoms. The van der Waals surface area contributed by atoms with Crippen LogP contribution in [0.25, 0.3) is 0 Å². The number of ether oxygens (including phenoxy) is 2. The van der Waals surface area contributed by atoms with E-state index >= 15 is 0 Å². The fourth-order valence-electron chi connectivity index (χ4n) is 5.20. The third-order valence-corrected chi connectivity index (χ3v) is 9.43. The van der Waals surface area contributed by atoms with Gasteiger partial charge in [-0.2, -0.15) is 0 Å². The lowest BCUT2D eigenvalue weighted by Crippen LogP contribution is -2.60. The van der Waals surface area contributed by atoms with Crippen LogP contribution in [0.4, 0.5) is 0 Å². The minimum absolute atomic E-state index is 0.0471. The van der Waals surface area contributed by atoms with Gasteiger partial charge in [0.15, 0.2) is 6.61 Å². The minimum Gasteiger partial charge on any atom is -0.483 e. The number of rotatable bonds is 4. The third-order valence-electron chi connectivity index (χ3n) is 7.41. The van der Waals surface area contributed by atoms with Crippen molar-refractivity contribution in [2.24, 2.45) is 0 Å². The number of para-hydroxylation sites is 1. The highest BCUT2D eigenvalue weighted by Gasteiger charge is 2.39. The van der Waals surface area contributed by atoms with Crippen molar-refractivity contribution in [2.75, 3.05) is 19.8 Å². The molecule has 3 heterocycles. The molecule has 0 aromatic heterocycles. The zero-order valence-corrected chi connectivity index (χ0v) is 20.0. The summed E-state index contributed by atoms with van der Waals surface area (Å²) in [6, 6.07) is 7.35. The number of benzene rings is 1. The van der Waals surface area contributed by atoms with Crippen molar-refractivity contribution in [3.05, 3.63) is 29.8 Å². The first kappa shape index (κ1) is 23.5. The number of piperidine rings is 1. The molecular weight excluding hydrogens is 428 g/mol. The predicted octanol–water partition coefficient (Wildman–Crippen LogP) is 3.20. The number of nitrogens with one attached hydrogen (secondary N) is 1. The maximum absolute atomic E-state index is 13.2. The van der Waals surface area contributed by atoms with Gasteiger partial charge in [-0.25, -0.2) is 13.1 Å². The zero-order chi connectivity index (χ0) is 22.7. The Labute approximate surface area is 191 Å². The first-order chi connectivity index (χ1) is 15.4. The molecular formula is C24H36N2O5S. The molecule has 4 aliphatic rings. The first-order valence-electron chi connectivity index (χ1n) is 12.0. The van der Waals surface area contributed by atoms with Crippen LogP contribution in [0.1, 0.15) is 70.3 Å². The van der Waals surface area contributed by atoms with Crippen LogP contribution >= 0.6 is 0 Å². The maximum Gasteiger partial charge on any atom is 0.260 e. The van der Waals surface area contributed by atoms with Crippen molar-refractivity contribution in [3.8, 4) is 5.75 Å². The highest BCUT2D eigenvalue weighted by molar-refractivity contribution is 7.90. The van der Waals surface area contributed by atoms with E-state index in [2.05, 4.69) is 10.8 Å². The topological polar surface area (TPSA) is 84.9 Å². The van der Waals surface area contributed by atoms with E-state index in [1.807, 2.05) is 25.1 Å². The largest absolute Gasteiger partial charge is 0.483 e. The van der Waals surface area contributed by atoms with E-state index in [0.717, 1.165) is 37.9 Å². The Kier molecular flexibility index (Phi) is 7.42. The van der Waals surface area contributed by atoms with Crippen molar-refractivity contribution in [1.29, 1.82) is 0 Å². The lowest BCUT2D eigenvalue weighted by Gasteiger charge is -2.42. The van der Waals surface area contributed by atoms with Crippen LogP contribution in [0.2, 0.25) is 0 Å². The Hall–Kier alpha value is -1.64. The summed E-state index contributed by atoms with van der Waals surface area (Å²) in [7, 11) is -3.46. The molecule has 2 bridgehead atoms. The number of hydrogen-bond donors (Lipinski definition) is 1. The Balaban J connectivity index is 1.59. The molecule has 1 aromatic rings. The SMILES string of the molecule is CC[C@H](C)S(=O)(=O)N[C@H]1CCCN2C(=O)COc3ccccc3C3CCC(CC3)OC[C@@H]12. The molecule has 1 aromatic carbocycles. The summed E-state index contributed by atoms with van der Waals surface area (Å²) in [6.45, 7) is 4.48. The van der Waals surface area contributed by atoms with E-state index < -0.39 is 15.3 Å². The highest BCUT2D eigenvalue weighted by atomic mass is 32.2. The number of nitrogens with zero attached hydrogens (tertiary/aromatic N) is 1. The second-order valence-electron chi connectivity index (χ2n) is 9.42. The van der Waals surface area contributed by atoms with Crippen LogP contribution in [0.15, 0.2) is 24.3 Å². The molecule has 8 heteroatoms. The van der Waals surface area contributed by atoms with Crippen molar-refractivity contribution in [3.63, 3.8) is 0 Å². The van der Waals surface area contributed by atoms with Gasteiger partial charge >= 0.3 is 0 Å². The fraction of sp³-hybridized carbons (Fsp3) is 0.708. The number of fused-ring (bicyclic) bond motifs is 5.